The van der Waals surface area contributed by atoms with Crippen LogP contribution in [0.15, 0.2) is 24.4 Å². The SMILES string of the molecule is Cc1cc(C)n(-c2ccc(C(=O)N(C)C3CCNCC3)cn2)n1. The maximum Gasteiger partial charge on any atom is 0.255 e. The van der Waals surface area contributed by atoms with Gasteiger partial charge in [-0.3, -0.25) is 4.79 Å². The first-order chi connectivity index (χ1) is 11.1. The number of aryl methyl sites for hydroxylation is 2. The number of rotatable bonds is 3. The Bertz CT molecular complexity index is 686. The van der Waals surface area contributed by atoms with E-state index in [0.717, 1.165) is 43.1 Å². The summed E-state index contributed by atoms with van der Waals surface area (Å²) < 4.78 is 1.79. The Morgan fingerprint density at radius 1 is 1.30 bits per heavy atom. The molecule has 0 spiro atoms. The summed E-state index contributed by atoms with van der Waals surface area (Å²) in [6, 6.07) is 5.99. The van der Waals surface area contributed by atoms with Crippen molar-refractivity contribution in [1.29, 1.82) is 0 Å². The van der Waals surface area contributed by atoms with Crippen LogP contribution in [0.1, 0.15) is 34.6 Å². The predicted molar refractivity (Wildman–Crippen MR) is 88.8 cm³/mol. The number of carbonyl (C=O) groups excluding carboxylic acids is 1. The minimum atomic E-state index is 0.0318. The van der Waals surface area contributed by atoms with Crippen LogP contribution in [0.2, 0.25) is 0 Å². The van der Waals surface area contributed by atoms with Crippen LogP contribution in [0.25, 0.3) is 5.82 Å². The Kier molecular flexibility index (Phi) is 4.43. The number of hydrogen-bond acceptors (Lipinski definition) is 4. The van der Waals surface area contributed by atoms with E-state index in [-0.39, 0.29) is 5.91 Å². The molecule has 1 aliphatic rings. The number of piperidine rings is 1. The summed E-state index contributed by atoms with van der Waals surface area (Å²) in [5.41, 5.74) is 2.60. The van der Waals surface area contributed by atoms with Crippen molar-refractivity contribution in [2.24, 2.45) is 0 Å². The highest BCUT2D eigenvalue weighted by atomic mass is 16.2. The fourth-order valence-corrected chi connectivity index (χ4v) is 3.06. The highest BCUT2D eigenvalue weighted by molar-refractivity contribution is 5.94. The zero-order chi connectivity index (χ0) is 16.4. The Balaban J connectivity index is 1.76. The summed E-state index contributed by atoms with van der Waals surface area (Å²) in [6.07, 6.45) is 3.64. The van der Waals surface area contributed by atoms with E-state index in [2.05, 4.69) is 15.4 Å². The molecule has 23 heavy (non-hydrogen) atoms. The van der Waals surface area contributed by atoms with Gasteiger partial charge in [-0.2, -0.15) is 5.10 Å². The van der Waals surface area contributed by atoms with E-state index in [0.29, 0.717) is 11.6 Å². The number of nitrogens with zero attached hydrogens (tertiary/aromatic N) is 4. The molecule has 1 fully saturated rings. The highest BCUT2D eigenvalue weighted by Crippen LogP contribution is 2.15. The second-order valence-corrected chi connectivity index (χ2v) is 6.14. The molecule has 0 bridgehead atoms. The van der Waals surface area contributed by atoms with Gasteiger partial charge in [0.25, 0.3) is 5.91 Å². The van der Waals surface area contributed by atoms with Crippen LogP contribution in [0.5, 0.6) is 0 Å². The molecule has 0 saturated carbocycles. The second kappa shape index (κ2) is 6.50. The summed E-state index contributed by atoms with van der Waals surface area (Å²) in [4.78, 5) is 18.9. The maximum atomic E-state index is 12.6. The van der Waals surface area contributed by atoms with Gasteiger partial charge >= 0.3 is 0 Å². The molecule has 1 saturated heterocycles. The summed E-state index contributed by atoms with van der Waals surface area (Å²) in [5, 5.41) is 7.74. The fourth-order valence-electron chi connectivity index (χ4n) is 3.06. The average Bonchev–Trinajstić information content (AvgIpc) is 2.93. The monoisotopic (exact) mass is 313 g/mol. The molecule has 0 aromatic carbocycles. The van der Waals surface area contributed by atoms with Gasteiger partial charge in [0, 0.05) is 25.0 Å². The van der Waals surface area contributed by atoms with Crippen molar-refractivity contribution < 1.29 is 4.79 Å². The van der Waals surface area contributed by atoms with E-state index in [9.17, 15) is 4.79 Å². The van der Waals surface area contributed by atoms with Gasteiger partial charge < -0.3 is 10.2 Å². The van der Waals surface area contributed by atoms with Gasteiger partial charge in [-0.25, -0.2) is 9.67 Å². The number of pyridine rings is 1. The highest BCUT2D eigenvalue weighted by Gasteiger charge is 2.23. The first-order valence-electron chi connectivity index (χ1n) is 8.04. The zero-order valence-electron chi connectivity index (χ0n) is 13.9. The molecule has 0 radical (unpaired) electrons. The quantitative estimate of drug-likeness (QED) is 0.937. The first kappa shape index (κ1) is 15.7. The molecule has 6 heteroatoms. The van der Waals surface area contributed by atoms with Crippen molar-refractivity contribution in [3.63, 3.8) is 0 Å². The lowest BCUT2D eigenvalue weighted by molar-refractivity contribution is 0.0703. The van der Waals surface area contributed by atoms with Crippen LogP contribution in [0.3, 0.4) is 0 Å². The smallest absolute Gasteiger partial charge is 0.255 e. The first-order valence-corrected chi connectivity index (χ1v) is 8.04. The summed E-state index contributed by atoms with van der Waals surface area (Å²) in [7, 11) is 1.88. The molecule has 1 aliphatic heterocycles. The van der Waals surface area contributed by atoms with Gasteiger partial charge in [0.2, 0.25) is 0 Å². The molecule has 122 valence electrons. The molecular weight excluding hydrogens is 290 g/mol. The number of aromatic nitrogens is 3. The molecule has 1 amide bonds. The van der Waals surface area contributed by atoms with E-state index >= 15 is 0 Å². The number of carbonyl (C=O) groups is 1. The van der Waals surface area contributed by atoms with E-state index in [1.165, 1.54) is 0 Å². The van der Waals surface area contributed by atoms with Crippen molar-refractivity contribution in [1.82, 2.24) is 25.0 Å². The maximum absolute atomic E-state index is 12.6. The fraction of sp³-hybridized carbons (Fsp3) is 0.471. The largest absolute Gasteiger partial charge is 0.339 e. The molecule has 3 heterocycles. The molecule has 6 nitrogen and oxygen atoms in total. The van der Waals surface area contributed by atoms with E-state index in [1.807, 2.05) is 44.0 Å². The normalized spacial score (nSPS) is 15.6. The predicted octanol–water partition coefficient (Wildman–Crippen LogP) is 1.71. The van der Waals surface area contributed by atoms with Gasteiger partial charge in [0.1, 0.15) is 0 Å². The van der Waals surface area contributed by atoms with Crippen molar-refractivity contribution in [3.05, 3.63) is 41.3 Å². The molecule has 1 N–H and O–H groups in total. The lowest BCUT2D eigenvalue weighted by Crippen LogP contribution is -2.44. The molecule has 0 aliphatic carbocycles. The van der Waals surface area contributed by atoms with Crippen molar-refractivity contribution in [2.75, 3.05) is 20.1 Å². The van der Waals surface area contributed by atoms with Gasteiger partial charge in [0.05, 0.1) is 11.3 Å². The van der Waals surface area contributed by atoms with Crippen LogP contribution in [0, 0.1) is 13.8 Å². The molecule has 2 aromatic rings. The molecule has 3 rings (SSSR count). The second-order valence-electron chi connectivity index (χ2n) is 6.14. The third-order valence-electron chi connectivity index (χ3n) is 4.40. The standard InChI is InChI=1S/C17H23N5O/c1-12-10-13(2)22(20-12)16-5-4-14(11-19-16)17(23)21(3)15-6-8-18-9-7-15/h4-5,10-11,15,18H,6-9H2,1-3H3. The summed E-state index contributed by atoms with van der Waals surface area (Å²) in [5.74, 6) is 0.765. The Morgan fingerprint density at radius 2 is 2.04 bits per heavy atom. The molecule has 0 unspecified atom stereocenters. The van der Waals surface area contributed by atoms with Crippen LogP contribution >= 0.6 is 0 Å². The number of amides is 1. The number of hydrogen-bond donors (Lipinski definition) is 1. The molecule has 0 atom stereocenters. The third-order valence-corrected chi connectivity index (χ3v) is 4.40. The summed E-state index contributed by atoms with van der Waals surface area (Å²) in [6.45, 7) is 5.88. The van der Waals surface area contributed by atoms with Gasteiger partial charge in [-0.1, -0.05) is 0 Å². The van der Waals surface area contributed by atoms with Crippen molar-refractivity contribution >= 4 is 5.91 Å². The van der Waals surface area contributed by atoms with E-state index in [4.69, 9.17) is 0 Å². The zero-order valence-corrected chi connectivity index (χ0v) is 13.9. The third kappa shape index (κ3) is 3.27. The topological polar surface area (TPSA) is 63.1 Å². The van der Waals surface area contributed by atoms with Crippen LogP contribution in [-0.4, -0.2) is 51.8 Å². The van der Waals surface area contributed by atoms with Crippen molar-refractivity contribution in [3.8, 4) is 5.82 Å². The van der Waals surface area contributed by atoms with Crippen molar-refractivity contribution in [2.45, 2.75) is 32.7 Å². The van der Waals surface area contributed by atoms with Gasteiger partial charge in [-0.05, 0) is 58.0 Å². The van der Waals surface area contributed by atoms with Gasteiger partial charge in [0.15, 0.2) is 5.82 Å². The Hall–Kier alpha value is -2.21. The van der Waals surface area contributed by atoms with Crippen LogP contribution < -0.4 is 5.32 Å². The van der Waals surface area contributed by atoms with Crippen LogP contribution in [-0.2, 0) is 0 Å². The Morgan fingerprint density at radius 3 is 2.61 bits per heavy atom. The minimum absolute atomic E-state index is 0.0318. The molecule has 2 aromatic heterocycles. The lowest BCUT2D eigenvalue weighted by atomic mass is 10.0. The molecular formula is C17H23N5O. The number of nitrogens with one attached hydrogen (secondary N) is 1. The summed E-state index contributed by atoms with van der Waals surface area (Å²) >= 11 is 0. The van der Waals surface area contributed by atoms with Gasteiger partial charge in [-0.15, -0.1) is 0 Å². The van der Waals surface area contributed by atoms with E-state index < -0.39 is 0 Å². The lowest BCUT2D eigenvalue weighted by Gasteiger charge is -2.31. The minimum Gasteiger partial charge on any atom is -0.339 e. The Labute approximate surface area is 136 Å². The van der Waals surface area contributed by atoms with Crippen LogP contribution in [0.4, 0.5) is 0 Å². The average molecular weight is 313 g/mol. The van der Waals surface area contributed by atoms with E-state index in [1.54, 1.807) is 10.9 Å².